The molecule has 144 valence electrons. The van der Waals surface area contributed by atoms with Crippen LogP contribution >= 0.6 is 0 Å². The Morgan fingerprint density at radius 1 is 1.22 bits per heavy atom. The molecule has 1 amide bonds. The molecule has 1 atom stereocenters. The van der Waals surface area contributed by atoms with Crippen LogP contribution in [0.25, 0.3) is 0 Å². The van der Waals surface area contributed by atoms with Crippen LogP contribution in [0.4, 0.5) is 14.5 Å². The first-order chi connectivity index (χ1) is 12.9. The van der Waals surface area contributed by atoms with E-state index in [1.165, 1.54) is 20.2 Å². The first-order valence-corrected chi connectivity index (χ1v) is 8.20. The van der Waals surface area contributed by atoms with Gasteiger partial charge in [-0.2, -0.15) is 0 Å². The van der Waals surface area contributed by atoms with Crippen LogP contribution in [0.15, 0.2) is 41.6 Å². The number of carbonyl (C=O) groups is 1. The van der Waals surface area contributed by atoms with Crippen molar-refractivity contribution in [2.75, 3.05) is 19.0 Å². The number of ether oxygens (including phenoxy) is 2. The van der Waals surface area contributed by atoms with Gasteiger partial charge in [0.05, 0.1) is 25.6 Å². The van der Waals surface area contributed by atoms with Gasteiger partial charge in [0, 0.05) is 11.6 Å². The zero-order valence-electron chi connectivity index (χ0n) is 15.2. The number of nitrogens with zero attached hydrogens (tertiary/aromatic N) is 1. The quantitative estimate of drug-likeness (QED) is 0.561. The number of hydrogen-bond acceptors (Lipinski definition) is 5. The molecule has 2 aromatic carbocycles. The van der Waals surface area contributed by atoms with Gasteiger partial charge in [-0.25, -0.2) is 8.78 Å². The third kappa shape index (κ3) is 5.67. The number of halogens is 2. The molecular weight excluding hydrogens is 358 g/mol. The van der Waals surface area contributed by atoms with Gasteiger partial charge < -0.3 is 19.6 Å². The lowest BCUT2D eigenvalue weighted by Gasteiger charge is -2.11. The van der Waals surface area contributed by atoms with Crippen LogP contribution in [0, 0.1) is 11.6 Å². The third-order valence-electron chi connectivity index (χ3n) is 3.47. The van der Waals surface area contributed by atoms with Gasteiger partial charge in [0.2, 0.25) is 6.10 Å². The highest BCUT2D eigenvalue weighted by Crippen LogP contribution is 2.27. The summed E-state index contributed by atoms with van der Waals surface area (Å²) in [6.07, 6.45) is 0.413. The van der Waals surface area contributed by atoms with Crippen LogP contribution in [0.1, 0.15) is 19.4 Å². The van der Waals surface area contributed by atoms with Gasteiger partial charge in [0.15, 0.2) is 11.5 Å². The van der Waals surface area contributed by atoms with E-state index in [0.29, 0.717) is 29.7 Å². The SMILES string of the molecule is CCOc1ccc(/C=N/OC(C)C(=O)Nc2ccc(F)cc2F)cc1OC. The molecule has 0 aromatic heterocycles. The summed E-state index contributed by atoms with van der Waals surface area (Å²) in [5.74, 6) is -1.09. The molecule has 1 unspecified atom stereocenters. The van der Waals surface area contributed by atoms with Gasteiger partial charge in [-0.3, -0.25) is 4.79 Å². The van der Waals surface area contributed by atoms with Crippen LogP contribution < -0.4 is 14.8 Å². The molecule has 2 aromatic rings. The van der Waals surface area contributed by atoms with Crippen LogP contribution in [0.5, 0.6) is 11.5 Å². The Kier molecular flexibility index (Phi) is 7.10. The molecule has 27 heavy (non-hydrogen) atoms. The minimum atomic E-state index is -0.990. The fourth-order valence-corrected chi connectivity index (χ4v) is 2.09. The Bertz CT molecular complexity index is 827. The average molecular weight is 378 g/mol. The minimum Gasteiger partial charge on any atom is -0.493 e. The smallest absolute Gasteiger partial charge is 0.268 e. The molecule has 8 heteroatoms. The Balaban J connectivity index is 1.95. The van der Waals surface area contributed by atoms with Crippen molar-refractivity contribution in [2.45, 2.75) is 20.0 Å². The van der Waals surface area contributed by atoms with Gasteiger partial charge in [0.25, 0.3) is 5.91 Å². The summed E-state index contributed by atoms with van der Waals surface area (Å²) in [6, 6.07) is 8.04. The van der Waals surface area contributed by atoms with E-state index in [9.17, 15) is 13.6 Å². The van der Waals surface area contributed by atoms with Gasteiger partial charge in [-0.15, -0.1) is 0 Å². The summed E-state index contributed by atoms with van der Waals surface area (Å²) in [4.78, 5) is 17.1. The number of benzene rings is 2. The lowest BCUT2D eigenvalue weighted by Crippen LogP contribution is -2.26. The number of oxime groups is 1. The highest BCUT2D eigenvalue weighted by Gasteiger charge is 2.16. The molecular formula is C19H20F2N2O4. The van der Waals surface area contributed by atoms with Gasteiger partial charge >= 0.3 is 0 Å². The maximum atomic E-state index is 13.6. The number of carbonyl (C=O) groups excluding carboxylic acids is 1. The van der Waals surface area contributed by atoms with Crippen LogP contribution in [-0.2, 0) is 9.63 Å². The second-order valence-corrected chi connectivity index (χ2v) is 5.44. The first-order valence-electron chi connectivity index (χ1n) is 8.20. The molecule has 0 saturated heterocycles. The van der Waals surface area contributed by atoms with E-state index in [4.69, 9.17) is 14.3 Å². The molecule has 0 heterocycles. The summed E-state index contributed by atoms with van der Waals surface area (Å²) in [5, 5.41) is 6.07. The molecule has 0 aliphatic heterocycles. The van der Waals surface area contributed by atoms with E-state index in [1.54, 1.807) is 18.2 Å². The van der Waals surface area contributed by atoms with Crippen LogP contribution in [0.3, 0.4) is 0 Å². The predicted molar refractivity (Wildman–Crippen MR) is 97.3 cm³/mol. The monoisotopic (exact) mass is 378 g/mol. The molecule has 0 saturated carbocycles. The molecule has 2 rings (SSSR count). The van der Waals surface area contributed by atoms with E-state index in [0.717, 1.165) is 12.1 Å². The van der Waals surface area contributed by atoms with Crippen molar-refractivity contribution in [3.8, 4) is 11.5 Å². The van der Waals surface area contributed by atoms with Gasteiger partial charge in [-0.05, 0) is 44.2 Å². The Morgan fingerprint density at radius 2 is 2.00 bits per heavy atom. The highest BCUT2D eigenvalue weighted by molar-refractivity contribution is 5.94. The highest BCUT2D eigenvalue weighted by atomic mass is 19.1. The number of methoxy groups -OCH3 is 1. The number of anilines is 1. The molecule has 6 nitrogen and oxygen atoms in total. The summed E-state index contributed by atoms with van der Waals surface area (Å²) in [6.45, 7) is 3.83. The zero-order chi connectivity index (χ0) is 19.8. The second-order valence-electron chi connectivity index (χ2n) is 5.44. The van der Waals surface area contributed by atoms with E-state index in [1.807, 2.05) is 6.92 Å². The molecule has 0 aliphatic carbocycles. The first kappa shape index (κ1) is 20.2. The largest absolute Gasteiger partial charge is 0.493 e. The van der Waals surface area contributed by atoms with E-state index in [-0.39, 0.29) is 5.69 Å². The number of rotatable bonds is 8. The number of amides is 1. The van der Waals surface area contributed by atoms with E-state index in [2.05, 4.69) is 10.5 Å². The van der Waals surface area contributed by atoms with Crippen molar-refractivity contribution in [3.05, 3.63) is 53.6 Å². The van der Waals surface area contributed by atoms with E-state index < -0.39 is 23.6 Å². The molecule has 0 radical (unpaired) electrons. The van der Waals surface area contributed by atoms with Gasteiger partial charge in [-0.1, -0.05) is 5.16 Å². The summed E-state index contributed by atoms with van der Waals surface area (Å²) in [7, 11) is 1.52. The fourth-order valence-electron chi connectivity index (χ4n) is 2.09. The maximum Gasteiger partial charge on any atom is 0.268 e. The second kappa shape index (κ2) is 9.51. The molecule has 0 aliphatic rings. The summed E-state index contributed by atoms with van der Waals surface area (Å²) in [5.41, 5.74) is 0.532. The number of hydrogen-bond donors (Lipinski definition) is 1. The summed E-state index contributed by atoms with van der Waals surface area (Å²) >= 11 is 0. The maximum absolute atomic E-state index is 13.6. The molecule has 0 fully saturated rings. The Labute approximate surface area is 155 Å². The van der Waals surface area contributed by atoms with Crippen LogP contribution in [0.2, 0.25) is 0 Å². The van der Waals surface area contributed by atoms with Crippen molar-refractivity contribution >= 4 is 17.8 Å². The molecule has 0 bridgehead atoms. The summed E-state index contributed by atoms with van der Waals surface area (Å²) < 4.78 is 37.1. The van der Waals surface area contributed by atoms with Crippen LogP contribution in [-0.4, -0.2) is 31.9 Å². The zero-order valence-corrected chi connectivity index (χ0v) is 15.2. The predicted octanol–water partition coefficient (Wildman–Crippen LogP) is 3.75. The Morgan fingerprint density at radius 3 is 2.67 bits per heavy atom. The lowest BCUT2D eigenvalue weighted by molar-refractivity contribution is -0.126. The van der Waals surface area contributed by atoms with Crippen molar-refractivity contribution < 1.29 is 27.9 Å². The fraction of sp³-hybridized carbons (Fsp3) is 0.263. The normalized spacial score (nSPS) is 11.9. The Hall–Kier alpha value is -3.16. The number of nitrogens with one attached hydrogen (secondary N) is 1. The standard InChI is InChI=1S/C19H20F2N2O4/c1-4-26-17-8-5-13(9-18(17)25-3)11-22-27-12(2)19(24)23-16-7-6-14(20)10-15(16)21/h5-12H,4H2,1-3H3,(H,23,24)/b22-11+. The van der Waals surface area contributed by atoms with Crippen molar-refractivity contribution in [2.24, 2.45) is 5.16 Å². The average Bonchev–Trinajstić information content (AvgIpc) is 2.65. The van der Waals surface area contributed by atoms with Gasteiger partial charge in [0.1, 0.15) is 11.6 Å². The van der Waals surface area contributed by atoms with Crippen molar-refractivity contribution in [1.29, 1.82) is 0 Å². The third-order valence-corrected chi connectivity index (χ3v) is 3.47. The van der Waals surface area contributed by atoms with Crippen molar-refractivity contribution in [1.82, 2.24) is 0 Å². The molecule has 0 spiro atoms. The lowest BCUT2D eigenvalue weighted by atomic mass is 10.2. The minimum absolute atomic E-state index is 0.142. The molecule has 1 N–H and O–H groups in total. The topological polar surface area (TPSA) is 69.2 Å². The van der Waals surface area contributed by atoms with E-state index >= 15 is 0 Å². The van der Waals surface area contributed by atoms with Crippen molar-refractivity contribution in [3.63, 3.8) is 0 Å².